The predicted octanol–water partition coefficient (Wildman–Crippen LogP) is 4.21. The number of guanidine groups is 1. The Kier molecular flexibility index (Phi) is 10.5. The van der Waals surface area contributed by atoms with E-state index in [1.54, 1.807) is 0 Å². The molecule has 0 radical (unpaired) electrons. The number of halogens is 1. The van der Waals surface area contributed by atoms with Crippen molar-refractivity contribution < 1.29 is 9.47 Å². The predicted molar refractivity (Wildman–Crippen MR) is 129 cm³/mol. The van der Waals surface area contributed by atoms with Crippen LogP contribution < -0.4 is 5.32 Å². The molecule has 0 spiro atoms. The van der Waals surface area contributed by atoms with Gasteiger partial charge in [-0.25, -0.2) is 4.99 Å². The normalized spacial score (nSPS) is 14.9. The molecule has 0 bridgehead atoms. The summed E-state index contributed by atoms with van der Waals surface area (Å²) in [6, 6.07) is 18.9. The van der Waals surface area contributed by atoms with E-state index in [2.05, 4.69) is 53.8 Å². The summed E-state index contributed by atoms with van der Waals surface area (Å²) in [6.45, 7) is 3.66. The molecule has 2 aromatic rings. The van der Waals surface area contributed by atoms with Gasteiger partial charge in [-0.1, -0.05) is 54.6 Å². The van der Waals surface area contributed by atoms with Crippen LogP contribution in [0.2, 0.25) is 0 Å². The summed E-state index contributed by atoms with van der Waals surface area (Å²) in [5, 5.41) is 3.43. The molecular formula is C23H32IN3O2. The van der Waals surface area contributed by atoms with E-state index in [0.717, 1.165) is 38.6 Å². The van der Waals surface area contributed by atoms with Crippen LogP contribution in [0.3, 0.4) is 0 Å². The fourth-order valence-corrected chi connectivity index (χ4v) is 3.17. The highest BCUT2D eigenvalue weighted by Crippen LogP contribution is 2.14. The topological polar surface area (TPSA) is 46.1 Å². The van der Waals surface area contributed by atoms with E-state index < -0.39 is 0 Å². The largest absolute Gasteiger partial charge is 0.381 e. The molecule has 0 saturated carbocycles. The third kappa shape index (κ3) is 8.32. The maximum atomic E-state index is 6.04. The lowest BCUT2D eigenvalue weighted by Gasteiger charge is -2.22. The van der Waals surface area contributed by atoms with Crippen LogP contribution in [0.5, 0.6) is 0 Å². The lowest BCUT2D eigenvalue weighted by atomic mass is 10.1. The van der Waals surface area contributed by atoms with Crippen LogP contribution in [0.15, 0.2) is 59.6 Å². The standard InChI is InChI=1S/C23H31N3O2.HI/c1-26(2)23(24-16-19-7-4-3-5-8-19)25-17-20-9-6-10-21(15-20)18-28-22-11-13-27-14-12-22;/h3-10,15,22H,11-14,16-18H2,1-2H3,(H,24,25);1H. The van der Waals surface area contributed by atoms with Crippen molar-refractivity contribution in [2.45, 2.75) is 38.6 Å². The summed E-state index contributed by atoms with van der Waals surface area (Å²) in [7, 11) is 4.02. The maximum absolute atomic E-state index is 6.04. The second-order valence-electron chi connectivity index (χ2n) is 7.32. The number of hydrogen-bond donors (Lipinski definition) is 1. The summed E-state index contributed by atoms with van der Waals surface area (Å²) in [5.74, 6) is 0.882. The first-order chi connectivity index (χ1) is 13.7. The third-order valence-electron chi connectivity index (χ3n) is 4.77. The van der Waals surface area contributed by atoms with Gasteiger partial charge < -0.3 is 19.7 Å². The fraction of sp³-hybridized carbons (Fsp3) is 0.435. The fourth-order valence-electron chi connectivity index (χ4n) is 3.17. The maximum Gasteiger partial charge on any atom is 0.194 e. The Morgan fingerprint density at radius 2 is 1.72 bits per heavy atom. The second kappa shape index (κ2) is 12.8. The monoisotopic (exact) mass is 509 g/mol. The molecule has 6 heteroatoms. The molecule has 0 aromatic heterocycles. The zero-order chi connectivity index (χ0) is 19.6. The van der Waals surface area contributed by atoms with Gasteiger partial charge in [-0.3, -0.25) is 0 Å². The number of hydrogen-bond acceptors (Lipinski definition) is 3. The molecule has 158 valence electrons. The molecule has 1 fully saturated rings. The van der Waals surface area contributed by atoms with Gasteiger partial charge in [0.2, 0.25) is 0 Å². The van der Waals surface area contributed by atoms with E-state index in [4.69, 9.17) is 14.5 Å². The Bertz CT molecular complexity index is 747. The van der Waals surface area contributed by atoms with Gasteiger partial charge >= 0.3 is 0 Å². The number of rotatable bonds is 7. The Morgan fingerprint density at radius 3 is 2.45 bits per heavy atom. The molecule has 1 N–H and O–H groups in total. The average Bonchev–Trinajstić information content (AvgIpc) is 2.74. The van der Waals surface area contributed by atoms with E-state index in [9.17, 15) is 0 Å². The highest BCUT2D eigenvalue weighted by Gasteiger charge is 2.14. The SMILES string of the molecule is CN(C)C(=NCc1cccc(COC2CCOCC2)c1)NCc1ccccc1.I. The van der Waals surface area contributed by atoms with Crippen molar-refractivity contribution in [3.05, 3.63) is 71.3 Å². The molecule has 1 aliphatic heterocycles. The van der Waals surface area contributed by atoms with Gasteiger partial charge in [0, 0.05) is 33.9 Å². The van der Waals surface area contributed by atoms with Crippen LogP contribution in [0.4, 0.5) is 0 Å². The molecule has 5 nitrogen and oxygen atoms in total. The molecule has 0 atom stereocenters. The lowest BCUT2D eigenvalue weighted by Crippen LogP contribution is -2.36. The summed E-state index contributed by atoms with van der Waals surface area (Å²) in [6.07, 6.45) is 2.30. The molecular weight excluding hydrogens is 477 g/mol. The van der Waals surface area contributed by atoms with Crippen LogP contribution in [0.25, 0.3) is 0 Å². The average molecular weight is 509 g/mol. The van der Waals surface area contributed by atoms with Crippen molar-refractivity contribution in [3.63, 3.8) is 0 Å². The highest BCUT2D eigenvalue weighted by molar-refractivity contribution is 14.0. The first-order valence-corrected chi connectivity index (χ1v) is 9.97. The summed E-state index contributed by atoms with van der Waals surface area (Å²) in [4.78, 5) is 6.79. The lowest BCUT2D eigenvalue weighted by molar-refractivity contribution is -0.0390. The van der Waals surface area contributed by atoms with Gasteiger partial charge in [0.1, 0.15) is 0 Å². The number of nitrogens with zero attached hydrogens (tertiary/aromatic N) is 2. The van der Waals surface area contributed by atoms with Crippen LogP contribution >= 0.6 is 24.0 Å². The molecule has 0 aliphatic carbocycles. The van der Waals surface area contributed by atoms with E-state index in [0.29, 0.717) is 19.3 Å². The number of aliphatic imine (C=N–C) groups is 1. The van der Waals surface area contributed by atoms with Crippen molar-refractivity contribution in [1.82, 2.24) is 10.2 Å². The van der Waals surface area contributed by atoms with Crippen LogP contribution in [-0.2, 0) is 29.2 Å². The quantitative estimate of drug-likeness (QED) is 0.345. The molecule has 1 aliphatic rings. The van der Waals surface area contributed by atoms with Gasteiger partial charge in [-0.15, -0.1) is 24.0 Å². The summed E-state index contributed by atoms with van der Waals surface area (Å²) >= 11 is 0. The Balaban J connectivity index is 0.00000300. The van der Waals surface area contributed by atoms with Crippen LogP contribution in [0.1, 0.15) is 29.5 Å². The first kappa shape index (κ1) is 23.6. The molecule has 1 saturated heterocycles. The third-order valence-corrected chi connectivity index (χ3v) is 4.77. The highest BCUT2D eigenvalue weighted by atomic mass is 127. The van der Waals surface area contributed by atoms with Crippen molar-refractivity contribution in [2.75, 3.05) is 27.3 Å². The molecule has 0 amide bonds. The van der Waals surface area contributed by atoms with Gasteiger partial charge in [-0.2, -0.15) is 0 Å². The van der Waals surface area contributed by atoms with E-state index in [-0.39, 0.29) is 24.0 Å². The zero-order valence-corrected chi connectivity index (χ0v) is 19.7. The molecule has 3 rings (SSSR count). The Hall–Kier alpha value is -1.64. The van der Waals surface area contributed by atoms with Crippen molar-refractivity contribution in [3.8, 4) is 0 Å². The van der Waals surface area contributed by atoms with Gasteiger partial charge in [0.25, 0.3) is 0 Å². The van der Waals surface area contributed by atoms with Gasteiger partial charge in [0.05, 0.1) is 19.3 Å². The van der Waals surface area contributed by atoms with Crippen molar-refractivity contribution in [1.29, 1.82) is 0 Å². The van der Waals surface area contributed by atoms with E-state index in [1.165, 1.54) is 16.7 Å². The molecule has 29 heavy (non-hydrogen) atoms. The Labute approximate surface area is 191 Å². The van der Waals surface area contributed by atoms with Crippen LogP contribution in [0, 0.1) is 0 Å². The summed E-state index contributed by atoms with van der Waals surface area (Å²) in [5.41, 5.74) is 3.63. The van der Waals surface area contributed by atoms with Crippen molar-refractivity contribution in [2.24, 2.45) is 4.99 Å². The minimum atomic E-state index is 0. The van der Waals surface area contributed by atoms with E-state index in [1.807, 2.05) is 25.1 Å². The van der Waals surface area contributed by atoms with Gasteiger partial charge in [0.15, 0.2) is 5.96 Å². The number of benzene rings is 2. The van der Waals surface area contributed by atoms with Gasteiger partial charge in [-0.05, 0) is 29.5 Å². The minimum Gasteiger partial charge on any atom is -0.381 e. The zero-order valence-electron chi connectivity index (χ0n) is 17.3. The van der Waals surface area contributed by atoms with Crippen molar-refractivity contribution >= 4 is 29.9 Å². The molecule has 2 aromatic carbocycles. The van der Waals surface area contributed by atoms with E-state index >= 15 is 0 Å². The number of nitrogens with one attached hydrogen (secondary N) is 1. The smallest absolute Gasteiger partial charge is 0.194 e. The molecule has 1 heterocycles. The minimum absolute atomic E-state index is 0. The second-order valence-corrected chi connectivity index (χ2v) is 7.32. The summed E-state index contributed by atoms with van der Waals surface area (Å²) < 4.78 is 11.4. The first-order valence-electron chi connectivity index (χ1n) is 9.97. The number of ether oxygens (including phenoxy) is 2. The van der Waals surface area contributed by atoms with Crippen LogP contribution in [-0.4, -0.2) is 44.3 Å². The molecule has 0 unspecified atom stereocenters. The Morgan fingerprint density at radius 1 is 1.03 bits per heavy atom.